The molecule has 10 heteroatoms. The molecule has 1 amide bonds. The molecule has 0 saturated carbocycles. The van der Waals surface area contributed by atoms with Gasteiger partial charge in [-0.1, -0.05) is 17.7 Å². The second kappa shape index (κ2) is 9.26. The van der Waals surface area contributed by atoms with Crippen LogP contribution in [0.5, 0.6) is 5.75 Å². The van der Waals surface area contributed by atoms with Crippen LogP contribution < -0.4 is 15.5 Å². The van der Waals surface area contributed by atoms with Crippen molar-refractivity contribution in [1.29, 1.82) is 0 Å². The fourth-order valence-electron chi connectivity index (χ4n) is 2.53. The molecule has 0 aliphatic heterocycles. The number of para-hydroxylation sites is 1. The number of nitrogens with one attached hydrogen (secondary N) is 2. The first kappa shape index (κ1) is 20.4. The van der Waals surface area contributed by atoms with Crippen LogP contribution in [0.4, 0.5) is 15.8 Å². The van der Waals surface area contributed by atoms with Gasteiger partial charge in [-0.2, -0.15) is 0 Å². The van der Waals surface area contributed by atoms with Crippen molar-refractivity contribution in [2.75, 3.05) is 19.0 Å². The summed E-state index contributed by atoms with van der Waals surface area (Å²) in [6.45, 7) is 2.05. The first-order valence-electron chi connectivity index (χ1n) is 8.53. The van der Waals surface area contributed by atoms with E-state index in [4.69, 9.17) is 21.2 Å². The molecule has 0 fully saturated rings. The van der Waals surface area contributed by atoms with Gasteiger partial charge in [-0.15, -0.1) is 0 Å². The van der Waals surface area contributed by atoms with Gasteiger partial charge in [0.05, 0.1) is 48.6 Å². The van der Waals surface area contributed by atoms with Gasteiger partial charge < -0.3 is 10.1 Å². The highest BCUT2D eigenvalue weighted by molar-refractivity contribution is 6.29. The Morgan fingerprint density at radius 3 is 2.62 bits per heavy atom. The van der Waals surface area contributed by atoms with Gasteiger partial charge in [0.25, 0.3) is 5.91 Å². The molecule has 0 aliphatic rings. The number of benzene rings is 1. The predicted molar refractivity (Wildman–Crippen MR) is 106 cm³/mol. The van der Waals surface area contributed by atoms with E-state index >= 15 is 0 Å². The molecule has 3 aromatic rings. The smallest absolute Gasteiger partial charge is 0.278 e. The number of halogens is 2. The Bertz CT molecular complexity index is 1020. The van der Waals surface area contributed by atoms with Crippen LogP contribution in [-0.4, -0.2) is 34.6 Å². The van der Waals surface area contributed by atoms with Crippen LogP contribution >= 0.6 is 11.6 Å². The van der Waals surface area contributed by atoms with Crippen molar-refractivity contribution in [2.45, 2.75) is 6.92 Å². The molecule has 0 bridgehead atoms. The number of methoxy groups -OCH3 is 1. The highest BCUT2D eigenvalue weighted by Crippen LogP contribution is 2.37. The summed E-state index contributed by atoms with van der Waals surface area (Å²) in [6, 6.07) is 6.72. The summed E-state index contributed by atoms with van der Waals surface area (Å²) in [5.41, 5.74) is 3.98. The van der Waals surface area contributed by atoms with Crippen molar-refractivity contribution >= 4 is 28.9 Å². The van der Waals surface area contributed by atoms with Gasteiger partial charge in [0.1, 0.15) is 5.15 Å². The number of anilines is 2. The first-order chi connectivity index (χ1) is 14.0. The zero-order valence-electron chi connectivity index (χ0n) is 15.6. The van der Waals surface area contributed by atoms with Crippen LogP contribution in [0, 0.1) is 5.82 Å². The quantitative estimate of drug-likeness (QED) is 0.446. The number of ether oxygens (including phenoxy) is 1. The maximum Gasteiger partial charge on any atom is 0.278 e. The highest BCUT2D eigenvalue weighted by Gasteiger charge is 2.17. The summed E-state index contributed by atoms with van der Waals surface area (Å²) in [7, 11) is 1.48. The summed E-state index contributed by atoms with van der Waals surface area (Å²) >= 11 is 6.01. The van der Waals surface area contributed by atoms with Crippen molar-refractivity contribution < 1.29 is 18.8 Å². The Kier molecular flexibility index (Phi) is 6.53. The molecule has 0 spiro atoms. The molecule has 0 unspecified atom stereocenters. The minimum Gasteiger partial charge on any atom is -0.494 e. The van der Waals surface area contributed by atoms with Crippen LogP contribution in [0.3, 0.4) is 0 Å². The number of hydrogen-bond acceptors (Lipinski definition) is 7. The zero-order valence-corrected chi connectivity index (χ0v) is 16.3. The molecule has 2 heterocycles. The lowest BCUT2D eigenvalue weighted by Crippen LogP contribution is -2.24. The molecule has 0 atom stereocenters. The molecular weight excluding hydrogens is 401 g/mol. The van der Waals surface area contributed by atoms with Gasteiger partial charge in [0.15, 0.2) is 17.4 Å². The average Bonchev–Trinajstić information content (AvgIpc) is 2.72. The summed E-state index contributed by atoms with van der Waals surface area (Å²) < 4.78 is 18.7. The first-order valence-corrected chi connectivity index (χ1v) is 8.91. The third-order valence-electron chi connectivity index (χ3n) is 3.77. The monoisotopic (exact) mass is 417 g/mol. The number of rotatable bonds is 7. The second-order valence-electron chi connectivity index (χ2n) is 5.65. The van der Waals surface area contributed by atoms with Crippen LogP contribution in [0.15, 0.2) is 42.9 Å². The van der Waals surface area contributed by atoms with Gasteiger partial charge in [-0.05, 0) is 25.1 Å². The number of pyridine rings is 1. The Labute approximate surface area is 171 Å². The third kappa shape index (κ3) is 4.76. The van der Waals surface area contributed by atoms with Gasteiger partial charge in [-0.25, -0.2) is 24.8 Å². The van der Waals surface area contributed by atoms with E-state index in [0.717, 1.165) is 12.4 Å². The molecule has 0 aliphatic carbocycles. The highest BCUT2D eigenvalue weighted by atomic mass is 35.5. The van der Waals surface area contributed by atoms with E-state index in [1.807, 2.05) is 0 Å². The number of nitrogens with zero attached hydrogens (tertiary/aromatic N) is 3. The second-order valence-corrected chi connectivity index (χ2v) is 6.04. The number of carbonyl (C=O) groups is 1. The fourth-order valence-corrected chi connectivity index (χ4v) is 2.69. The molecule has 150 valence electrons. The van der Waals surface area contributed by atoms with E-state index in [0.29, 0.717) is 29.3 Å². The standard InChI is InChI=1S/C19H17ClFN5O3/c1-3-29-26-19(27)13-10-22-16(20)7-15(13)25-14-6-4-5-12(17(14)28-2)18-23-8-11(21)9-24-18/h4-10H,3H2,1-2H3,(H,22,25)(H,26,27). The van der Waals surface area contributed by atoms with Crippen molar-refractivity contribution in [3.05, 3.63) is 59.4 Å². The molecular formula is C19H17ClFN5O3. The lowest BCUT2D eigenvalue weighted by molar-refractivity contribution is 0.0365. The Morgan fingerprint density at radius 2 is 1.93 bits per heavy atom. The normalized spacial score (nSPS) is 10.5. The molecule has 0 radical (unpaired) electrons. The van der Waals surface area contributed by atoms with Crippen molar-refractivity contribution in [2.24, 2.45) is 0 Å². The average molecular weight is 418 g/mol. The number of hydroxylamine groups is 1. The Hall–Kier alpha value is -3.30. The summed E-state index contributed by atoms with van der Waals surface area (Å²) in [4.78, 5) is 29.2. The maximum absolute atomic E-state index is 13.2. The van der Waals surface area contributed by atoms with Crippen molar-refractivity contribution in [3.63, 3.8) is 0 Å². The van der Waals surface area contributed by atoms with Crippen LogP contribution in [0.1, 0.15) is 17.3 Å². The number of carbonyl (C=O) groups excluding carboxylic acids is 1. The lowest BCUT2D eigenvalue weighted by atomic mass is 10.1. The van der Waals surface area contributed by atoms with E-state index in [2.05, 4.69) is 25.7 Å². The topological polar surface area (TPSA) is 98.3 Å². The summed E-state index contributed by atoms with van der Waals surface area (Å²) in [5.74, 6) is -0.342. The van der Waals surface area contributed by atoms with E-state index in [-0.39, 0.29) is 16.5 Å². The minimum absolute atomic E-state index is 0.192. The largest absolute Gasteiger partial charge is 0.494 e. The Balaban J connectivity index is 2.00. The van der Waals surface area contributed by atoms with Gasteiger partial charge in [-0.3, -0.25) is 9.63 Å². The molecule has 0 saturated heterocycles. The van der Waals surface area contributed by atoms with Crippen LogP contribution in [-0.2, 0) is 4.84 Å². The molecule has 3 rings (SSSR count). The molecule has 2 N–H and O–H groups in total. The predicted octanol–water partition coefficient (Wildman–Crippen LogP) is 3.76. The van der Waals surface area contributed by atoms with Crippen molar-refractivity contribution in [1.82, 2.24) is 20.4 Å². The molecule has 1 aromatic carbocycles. The summed E-state index contributed by atoms with van der Waals surface area (Å²) in [6.07, 6.45) is 3.47. The van der Waals surface area contributed by atoms with Crippen LogP contribution in [0.25, 0.3) is 11.4 Å². The number of amides is 1. The third-order valence-corrected chi connectivity index (χ3v) is 3.98. The zero-order chi connectivity index (χ0) is 20.8. The van der Waals surface area contributed by atoms with Crippen LogP contribution in [0.2, 0.25) is 5.15 Å². The van der Waals surface area contributed by atoms with Gasteiger partial charge >= 0.3 is 0 Å². The van der Waals surface area contributed by atoms with E-state index in [1.165, 1.54) is 19.4 Å². The molecule has 8 nitrogen and oxygen atoms in total. The minimum atomic E-state index is -0.543. The number of hydrogen-bond donors (Lipinski definition) is 2. The lowest BCUT2D eigenvalue weighted by Gasteiger charge is -2.16. The fraction of sp³-hybridized carbons (Fsp3) is 0.158. The van der Waals surface area contributed by atoms with Crippen molar-refractivity contribution in [3.8, 4) is 17.1 Å². The number of aromatic nitrogens is 3. The van der Waals surface area contributed by atoms with Gasteiger partial charge in [0.2, 0.25) is 0 Å². The van der Waals surface area contributed by atoms with E-state index in [9.17, 15) is 9.18 Å². The van der Waals surface area contributed by atoms with Gasteiger partial charge in [0, 0.05) is 6.20 Å². The molecule has 2 aromatic heterocycles. The Morgan fingerprint density at radius 1 is 1.17 bits per heavy atom. The maximum atomic E-state index is 13.2. The van der Waals surface area contributed by atoms with E-state index < -0.39 is 11.7 Å². The summed E-state index contributed by atoms with van der Waals surface area (Å²) in [5, 5.41) is 3.31. The van der Waals surface area contributed by atoms with E-state index in [1.54, 1.807) is 25.1 Å². The molecule has 29 heavy (non-hydrogen) atoms. The SMILES string of the molecule is CCONC(=O)c1cnc(Cl)cc1Nc1cccc(-c2ncc(F)cn2)c1OC.